The molecule has 1 aliphatic rings. The van der Waals surface area contributed by atoms with Gasteiger partial charge in [0.1, 0.15) is 19.5 Å². The zero-order valence-electron chi connectivity index (χ0n) is 13.2. The Morgan fingerprint density at radius 3 is 2.88 bits per heavy atom. The standard InChI is InChI=1S/C16H19N5O3/c22-15(11-20-8-9-24-16(20)23)17-10-14-19-18-12-21(14)7-6-13-4-2-1-3-5-13/h1-5,12H,6-11H2,(H,17,22). The number of hydrogen-bond acceptors (Lipinski definition) is 5. The molecule has 0 aliphatic carbocycles. The first-order valence-electron chi connectivity index (χ1n) is 7.81. The summed E-state index contributed by atoms with van der Waals surface area (Å²) in [4.78, 5) is 24.6. The molecule has 1 aromatic heterocycles. The highest BCUT2D eigenvalue weighted by atomic mass is 16.6. The zero-order valence-corrected chi connectivity index (χ0v) is 13.2. The minimum Gasteiger partial charge on any atom is -0.448 e. The van der Waals surface area contributed by atoms with Crippen LogP contribution in [-0.4, -0.2) is 51.4 Å². The summed E-state index contributed by atoms with van der Waals surface area (Å²) in [5.74, 6) is 0.440. The van der Waals surface area contributed by atoms with Gasteiger partial charge in [0, 0.05) is 6.54 Å². The molecule has 0 unspecified atom stereocenters. The molecular formula is C16H19N5O3. The number of rotatable bonds is 7. The van der Waals surface area contributed by atoms with E-state index in [0.717, 1.165) is 13.0 Å². The van der Waals surface area contributed by atoms with Crippen LogP contribution >= 0.6 is 0 Å². The van der Waals surface area contributed by atoms with Gasteiger partial charge >= 0.3 is 6.09 Å². The molecule has 8 heteroatoms. The summed E-state index contributed by atoms with van der Waals surface area (Å²) in [6.07, 6.45) is 2.07. The van der Waals surface area contributed by atoms with Crippen molar-refractivity contribution in [2.24, 2.45) is 0 Å². The summed E-state index contributed by atoms with van der Waals surface area (Å²) in [5, 5.41) is 10.7. The maximum Gasteiger partial charge on any atom is 0.410 e. The molecule has 1 N–H and O–H groups in total. The van der Waals surface area contributed by atoms with Crippen molar-refractivity contribution in [3.05, 3.63) is 48.0 Å². The van der Waals surface area contributed by atoms with Crippen molar-refractivity contribution < 1.29 is 14.3 Å². The van der Waals surface area contributed by atoms with E-state index in [1.54, 1.807) is 6.33 Å². The van der Waals surface area contributed by atoms with Crippen LogP contribution in [0.4, 0.5) is 4.79 Å². The molecule has 2 heterocycles. The van der Waals surface area contributed by atoms with Crippen LogP contribution in [0.1, 0.15) is 11.4 Å². The number of nitrogens with zero attached hydrogens (tertiary/aromatic N) is 4. The third-order valence-corrected chi connectivity index (χ3v) is 3.80. The highest BCUT2D eigenvalue weighted by Crippen LogP contribution is 2.04. The van der Waals surface area contributed by atoms with Gasteiger partial charge in [0.25, 0.3) is 0 Å². The average molecular weight is 329 g/mol. The second-order valence-corrected chi connectivity index (χ2v) is 5.49. The first kappa shape index (κ1) is 16.0. The van der Waals surface area contributed by atoms with Crippen LogP contribution in [0.3, 0.4) is 0 Å². The van der Waals surface area contributed by atoms with Crippen LogP contribution in [0, 0.1) is 0 Å². The normalized spacial score (nSPS) is 13.8. The smallest absolute Gasteiger partial charge is 0.410 e. The molecule has 0 radical (unpaired) electrons. The van der Waals surface area contributed by atoms with Crippen LogP contribution in [0.2, 0.25) is 0 Å². The van der Waals surface area contributed by atoms with Crippen LogP contribution in [-0.2, 0) is 29.0 Å². The fraction of sp³-hybridized carbons (Fsp3) is 0.375. The zero-order chi connectivity index (χ0) is 16.8. The van der Waals surface area contributed by atoms with E-state index in [1.807, 2.05) is 22.8 Å². The quantitative estimate of drug-likeness (QED) is 0.803. The molecule has 126 valence electrons. The molecule has 1 aromatic carbocycles. The molecule has 2 amide bonds. The van der Waals surface area contributed by atoms with Gasteiger partial charge in [0.15, 0.2) is 5.82 Å². The minimum absolute atomic E-state index is 0.00299. The Morgan fingerprint density at radius 2 is 2.12 bits per heavy atom. The van der Waals surface area contributed by atoms with Crippen molar-refractivity contribution in [3.8, 4) is 0 Å². The number of ether oxygens (including phenoxy) is 1. The average Bonchev–Trinajstić information content (AvgIpc) is 3.21. The van der Waals surface area contributed by atoms with Crippen molar-refractivity contribution in [3.63, 3.8) is 0 Å². The van der Waals surface area contributed by atoms with Gasteiger partial charge in [-0.1, -0.05) is 30.3 Å². The number of carbonyl (C=O) groups is 2. The summed E-state index contributed by atoms with van der Waals surface area (Å²) in [5.41, 5.74) is 1.23. The van der Waals surface area contributed by atoms with Crippen molar-refractivity contribution >= 4 is 12.0 Å². The monoisotopic (exact) mass is 329 g/mol. The number of aryl methyl sites for hydroxylation is 2. The number of benzene rings is 1. The molecule has 1 saturated heterocycles. The van der Waals surface area contributed by atoms with E-state index in [1.165, 1.54) is 10.5 Å². The van der Waals surface area contributed by atoms with E-state index >= 15 is 0 Å². The fourth-order valence-electron chi connectivity index (χ4n) is 2.47. The molecular weight excluding hydrogens is 310 g/mol. The summed E-state index contributed by atoms with van der Waals surface area (Å²) in [6.45, 7) is 1.79. The summed E-state index contributed by atoms with van der Waals surface area (Å²) >= 11 is 0. The Kier molecular flexibility index (Phi) is 5.05. The second-order valence-electron chi connectivity index (χ2n) is 5.49. The number of hydrogen-bond donors (Lipinski definition) is 1. The molecule has 0 atom stereocenters. The third-order valence-electron chi connectivity index (χ3n) is 3.80. The third kappa shape index (κ3) is 4.09. The lowest BCUT2D eigenvalue weighted by molar-refractivity contribution is -0.121. The maximum absolute atomic E-state index is 11.9. The van der Waals surface area contributed by atoms with Gasteiger partial charge in [-0.15, -0.1) is 10.2 Å². The molecule has 8 nitrogen and oxygen atoms in total. The number of amides is 2. The predicted molar refractivity (Wildman–Crippen MR) is 84.9 cm³/mol. The lowest BCUT2D eigenvalue weighted by Gasteiger charge is -2.12. The van der Waals surface area contributed by atoms with E-state index in [-0.39, 0.29) is 19.0 Å². The maximum atomic E-state index is 11.9. The van der Waals surface area contributed by atoms with Crippen molar-refractivity contribution in [1.82, 2.24) is 25.0 Å². The van der Waals surface area contributed by atoms with Crippen LogP contribution in [0.15, 0.2) is 36.7 Å². The van der Waals surface area contributed by atoms with Gasteiger partial charge < -0.3 is 14.6 Å². The van der Waals surface area contributed by atoms with E-state index in [9.17, 15) is 9.59 Å². The highest BCUT2D eigenvalue weighted by Gasteiger charge is 2.24. The van der Waals surface area contributed by atoms with Crippen molar-refractivity contribution in [1.29, 1.82) is 0 Å². The number of nitrogens with one attached hydrogen (secondary N) is 1. The number of aromatic nitrogens is 3. The molecule has 1 fully saturated rings. The van der Waals surface area contributed by atoms with E-state index in [2.05, 4.69) is 27.6 Å². The second kappa shape index (κ2) is 7.58. The van der Waals surface area contributed by atoms with Gasteiger partial charge in [-0.25, -0.2) is 4.79 Å². The van der Waals surface area contributed by atoms with Gasteiger partial charge in [-0.2, -0.15) is 0 Å². The largest absolute Gasteiger partial charge is 0.448 e. The van der Waals surface area contributed by atoms with Gasteiger partial charge in [-0.3, -0.25) is 9.69 Å². The molecule has 24 heavy (non-hydrogen) atoms. The van der Waals surface area contributed by atoms with Crippen LogP contribution in [0.5, 0.6) is 0 Å². The van der Waals surface area contributed by atoms with Gasteiger partial charge in [-0.05, 0) is 12.0 Å². The SMILES string of the molecule is O=C(CN1CCOC1=O)NCc1nncn1CCc1ccccc1. The molecule has 1 aliphatic heterocycles. The number of cyclic esters (lactones) is 1. The summed E-state index contributed by atoms with van der Waals surface area (Å²) < 4.78 is 6.70. The number of carbonyl (C=O) groups excluding carboxylic acids is 2. The van der Waals surface area contributed by atoms with Crippen molar-refractivity contribution in [2.45, 2.75) is 19.5 Å². The molecule has 3 rings (SSSR count). The Bertz CT molecular complexity index is 701. The highest BCUT2D eigenvalue weighted by molar-refractivity contribution is 5.82. The van der Waals surface area contributed by atoms with Gasteiger partial charge in [0.2, 0.25) is 5.91 Å². The summed E-state index contributed by atoms with van der Waals surface area (Å²) in [6, 6.07) is 10.1. The predicted octanol–water partition coefficient (Wildman–Crippen LogP) is 0.589. The summed E-state index contributed by atoms with van der Waals surface area (Å²) in [7, 11) is 0. The minimum atomic E-state index is -0.448. The van der Waals surface area contributed by atoms with Crippen molar-refractivity contribution in [2.75, 3.05) is 19.7 Å². The Labute approximate surface area is 139 Å². The fourth-order valence-corrected chi connectivity index (χ4v) is 2.47. The molecule has 2 aromatic rings. The topological polar surface area (TPSA) is 89.3 Å². The Morgan fingerprint density at radius 1 is 1.29 bits per heavy atom. The van der Waals surface area contributed by atoms with Gasteiger partial charge in [0.05, 0.1) is 13.1 Å². The van der Waals surface area contributed by atoms with E-state index < -0.39 is 6.09 Å². The lowest BCUT2D eigenvalue weighted by atomic mass is 10.1. The molecule has 0 spiro atoms. The van der Waals surface area contributed by atoms with E-state index in [0.29, 0.717) is 19.0 Å². The first-order chi connectivity index (χ1) is 11.7. The Hall–Kier alpha value is -2.90. The van der Waals surface area contributed by atoms with Crippen LogP contribution < -0.4 is 5.32 Å². The Balaban J connectivity index is 1.48. The van der Waals surface area contributed by atoms with E-state index in [4.69, 9.17) is 4.74 Å². The lowest BCUT2D eigenvalue weighted by Crippen LogP contribution is -2.37. The molecule has 0 saturated carbocycles. The van der Waals surface area contributed by atoms with Crippen LogP contribution in [0.25, 0.3) is 0 Å². The molecule has 0 bridgehead atoms. The first-order valence-corrected chi connectivity index (χ1v) is 7.81.